The standard InChI is InChI=1S/C10H9ClO2/c1-7(9(11)10(12)13)8-5-3-2-4-6-8/h2-6,9H,1H2,(H,12,13). The van der Waals surface area contributed by atoms with Crippen LogP contribution >= 0.6 is 11.6 Å². The molecule has 1 rings (SSSR count). The van der Waals surface area contributed by atoms with Gasteiger partial charge in [-0.2, -0.15) is 0 Å². The largest absolute Gasteiger partial charge is 0.480 e. The first-order chi connectivity index (χ1) is 6.13. The van der Waals surface area contributed by atoms with Crippen LogP contribution in [0.4, 0.5) is 0 Å². The zero-order valence-corrected chi connectivity index (χ0v) is 7.66. The van der Waals surface area contributed by atoms with Crippen molar-refractivity contribution in [3.63, 3.8) is 0 Å². The maximum atomic E-state index is 10.5. The molecule has 3 heteroatoms. The molecule has 1 aromatic rings. The molecule has 1 atom stereocenters. The number of carboxylic acid groups (broad SMARTS) is 1. The second-order valence-electron chi connectivity index (χ2n) is 2.59. The molecule has 1 unspecified atom stereocenters. The van der Waals surface area contributed by atoms with Gasteiger partial charge in [0.2, 0.25) is 0 Å². The van der Waals surface area contributed by atoms with E-state index in [0.717, 1.165) is 5.56 Å². The lowest BCUT2D eigenvalue weighted by atomic mass is 10.0. The fraction of sp³-hybridized carbons (Fsp3) is 0.100. The molecule has 1 aromatic carbocycles. The minimum atomic E-state index is -1.07. The Morgan fingerprint density at radius 2 is 1.92 bits per heavy atom. The highest BCUT2D eigenvalue weighted by Gasteiger charge is 2.18. The first-order valence-corrected chi connectivity index (χ1v) is 4.17. The van der Waals surface area contributed by atoms with Gasteiger partial charge in [-0.05, 0) is 11.1 Å². The molecule has 0 saturated heterocycles. The third-order valence-electron chi connectivity index (χ3n) is 1.67. The van der Waals surface area contributed by atoms with Crippen LogP contribution in [0, 0.1) is 0 Å². The van der Waals surface area contributed by atoms with Crippen molar-refractivity contribution < 1.29 is 9.90 Å². The van der Waals surface area contributed by atoms with E-state index in [-0.39, 0.29) is 0 Å². The molecule has 0 radical (unpaired) electrons. The van der Waals surface area contributed by atoms with Crippen LogP contribution in [0.5, 0.6) is 0 Å². The van der Waals surface area contributed by atoms with Crippen molar-refractivity contribution in [2.75, 3.05) is 0 Å². The van der Waals surface area contributed by atoms with Gasteiger partial charge >= 0.3 is 5.97 Å². The van der Waals surface area contributed by atoms with Crippen LogP contribution < -0.4 is 0 Å². The van der Waals surface area contributed by atoms with Gasteiger partial charge in [0.25, 0.3) is 0 Å². The van der Waals surface area contributed by atoms with E-state index in [9.17, 15) is 4.79 Å². The number of alkyl halides is 1. The highest BCUT2D eigenvalue weighted by molar-refractivity contribution is 6.35. The van der Waals surface area contributed by atoms with Crippen molar-refractivity contribution in [1.82, 2.24) is 0 Å². The first kappa shape index (κ1) is 9.81. The third-order valence-corrected chi connectivity index (χ3v) is 2.12. The summed E-state index contributed by atoms with van der Waals surface area (Å²) in [6.07, 6.45) is 0. The smallest absolute Gasteiger partial charge is 0.326 e. The molecule has 1 N–H and O–H groups in total. The third kappa shape index (κ3) is 2.33. The minimum absolute atomic E-state index is 0.412. The Morgan fingerprint density at radius 1 is 1.38 bits per heavy atom. The maximum Gasteiger partial charge on any atom is 0.326 e. The minimum Gasteiger partial charge on any atom is -0.480 e. The van der Waals surface area contributed by atoms with E-state index in [0.29, 0.717) is 5.57 Å². The van der Waals surface area contributed by atoms with E-state index < -0.39 is 11.3 Å². The van der Waals surface area contributed by atoms with Gasteiger partial charge in [0.15, 0.2) is 5.38 Å². The summed E-state index contributed by atoms with van der Waals surface area (Å²) in [4.78, 5) is 10.5. The highest BCUT2D eigenvalue weighted by Crippen LogP contribution is 2.20. The average Bonchev–Trinajstić information content (AvgIpc) is 2.17. The predicted molar refractivity (Wildman–Crippen MR) is 52.8 cm³/mol. The summed E-state index contributed by atoms with van der Waals surface area (Å²) in [6, 6.07) is 9.03. The van der Waals surface area contributed by atoms with E-state index >= 15 is 0 Å². The van der Waals surface area contributed by atoms with Gasteiger partial charge < -0.3 is 5.11 Å². The van der Waals surface area contributed by atoms with Gasteiger partial charge in [0.05, 0.1) is 0 Å². The van der Waals surface area contributed by atoms with E-state index in [1.54, 1.807) is 12.1 Å². The van der Waals surface area contributed by atoms with Crippen LogP contribution in [-0.2, 0) is 4.79 Å². The van der Waals surface area contributed by atoms with Crippen LogP contribution in [0.2, 0.25) is 0 Å². The Labute approximate surface area is 81.5 Å². The average molecular weight is 197 g/mol. The van der Waals surface area contributed by atoms with Gasteiger partial charge in [0.1, 0.15) is 0 Å². The van der Waals surface area contributed by atoms with Crippen LogP contribution in [-0.4, -0.2) is 16.5 Å². The maximum absolute atomic E-state index is 10.5. The van der Waals surface area contributed by atoms with Crippen molar-refractivity contribution in [2.45, 2.75) is 5.38 Å². The molecule has 0 bridgehead atoms. The summed E-state index contributed by atoms with van der Waals surface area (Å²) in [5.41, 5.74) is 1.17. The Morgan fingerprint density at radius 3 is 2.38 bits per heavy atom. The summed E-state index contributed by atoms with van der Waals surface area (Å²) < 4.78 is 0. The summed E-state index contributed by atoms with van der Waals surface area (Å²) in [5, 5.41) is 7.57. The van der Waals surface area contributed by atoms with Crippen LogP contribution in [0.15, 0.2) is 36.9 Å². The Balaban J connectivity index is 2.86. The number of aliphatic carboxylic acids is 1. The predicted octanol–water partition coefficient (Wildman–Crippen LogP) is 2.39. The molecular formula is C10H9ClO2. The molecule has 0 spiro atoms. The summed E-state index contributed by atoms with van der Waals surface area (Å²) in [7, 11) is 0. The lowest BCUT2D eigenvalue weighted by Crippen LogP contribution is -2.14. The Hall–Kier alpha value is -1.28. The Kier molecular flexibility index (Phi) is 3.09. The summed E-state index contributed by atoms with van der Waals surface area (Å²) in [5.74, 6) is -1.07. The number of halogens is 1. The molecule has 0 aliphatic heterocycles. The van der Waals surface area contributed by atoms with Crippen molar-refractivity contribution in [1.29, 1.82) is 0 Å². The number of carbonyl (C=O) groups is 1. The molecule has 13 heavy (non-hydrogen) atoms. The number of carboxylic acids is 1. The molecule has 0 fully saturated rings. The first-order valence-electron chi connectivity index (χ1n) is 3.74. The van der Waals surface area contributed by atoms with Crippen LogP contribution in [0.1, 0.15) is 5.56 Å². The SMILES string of the molecule is C=C(c1ccccc1)C(Cl)C(=O)O. The molecule has 0 aliphatic rings. The summed E-state index contributed by atoms with van der Waals surface area (Å²) >= 11 is 5.60. The Bertz CT molecular complexity index is 319. The number of hydrogen-bond acceptors (Lipinski definition) is 1. The molecule has 0 aliphatic carbocycles. The normalized spacial score (nSPS) is 12.1. The van der Waals surface area contributed by atoms with E-state index in [4.69, 9.17) is 16.7 Å². The van der Waals surface area contributed by atoms with Crippen molar-refractivity contribution in [2.24, 2.45) is 0 Å². The monoisotopic (exact) mass is 196 g/mol. The van der Waals surface area contributed by atoms with Crippen molar-refractivity contribution in [3.8, 4) is 0 Å². The van der Waals surface area contributed by atoms with E-state index in [1.165, 1.54) is 0 Å². The summed E-state index contributed by atoms with van der Waals surface area (Å²) in [6.45, 7) is 3.63. The zero-order chi connectivity index (χ0) is 9.84. The van der Waals surface area contributed by atoms with Gasteiger partial charge in [-0.25, -0.2) is 0 Å². The molecule has 68 valence electrons. The fourth-order valence-corrected chi connectivity index (χ4v) is 1.07. The van der Waals surface area contributed by atoms with Gasteiger partial charge in [-0.15, -0.1) is 11.6 Å². The van der Waals surface area contributed by atoms with Gasteiger partial charge in [-0.3, -0.25) is 4.79 Å². The topological polar surface area (TPSA) is 37.3 Å². The lowest BCUT2D eigenvalue weighted by Gasteiger charge is -2.07. The van der Waals surface area contributed by atoms with E-state index in [1.807, 2.05) is 18.2 Å². The van der Waals surface area contributed by atoms with Crippen molar-refractivity contribution >= 4 is 23.1 Å². The van der Waals surface area contributed by atoms with Gasteiger partial charge in [-0.1, -0.05) is 36.9 Å². The lowest BCUT2D eigenvalue weighted by molar-refractivity contribution is -0.135. The zero-order valence-electron chi connectivity index (χ0n) is 6.90. The highest BCUT2D eigenvalue weighted by atomic mass is 35.5. The molecule has 0 amide bonds. The second-order valence-corrected chi connectivity index (χ2v) is 3.03. The number of hydrogen-bond donors (Lipinski definition) is 1. The van der Waals surface area contributed by atoms with Crippen molar-refractivity contribution in [3.05, 3.63) is 42.5 Å². The van der Waals surface area contributed by atoms with Crippen LogP contribution in [0.3, 0.4) is 0 Å². The van der Waals surface area contributed by atoms with Gasteiger partial charge in [0, 0.05) is 0 Å². The quantitative estimate of drug-likeness (QED) is 0.754. The van der Waals surface area contributed by atoms with E-state index in [2.05, 4.69) is 6.58 Å². The molecule has 0 saturated carbocycles. The molecule has 0 aromatic heterocycles. The fourth-order valence-electron chi connectivity index (χ4n) is 0.948. The number of rotatable bonds is 3. The molecule has 0 heterocycles. The molecular weight excluding hydrogens is 188 g/mol. The number of benzene rings is 1. The van der Waals surface area contributed by atoms with Crippen LogP contribution in [0.25, 0.3) is 5.57 Å². The molecule has 2 nitrogen and oxygen atoms in total. The second kappa shape index (κ2) is 4.10.